The Kier molecular flexibility index (Phi) is 5.68. The molecular weight excluding hydrogens is 316 g/mol. The SMILES string of the molecule is CC(C(=O)N1CCNC[C@H]1C)n1nnc(-c2ccccc2)n1.Cl. The molecule has 2 atom stereocenters. The fraction of sp³-hybridized carbons (Fsp3) is 0.467. The fourth-order valence-electron chi connectivity index (χ4n) is 2.60. The molecule has 2 aromatic rings. The second kappa shape index (κ2) is 7.52. The molecule has 0 radical (unpaired) electrons. The highest BCUT2D eigenvalue weighted by atomic mass is 35.5. The molecule has 1 aromatic carbocycles. The van der Waals surface area contributed by atoms with Crippen LogP contribution in [0.1, 0.15) is 19.9 Å². The second-order valence-corrected chi connectivity index (χ2v) is 5.56. The maximum Gasteiger partial charge on any atom is 0.249 e. The van der Waals surface area contributed by atoms with Gasteiger partial charge in [0, 0.05) is 31.2 Å². The molecule has 124 valence electrons. The lowest BCUT2D eigenvalue weighted by Crippen LogP contribution is -2.53. The summed E-state index contributed by atoms with van der Waals surface area (Å²) in [6.45, 7) is 6.21. The largest absolute Gasteiger partial charge is 0.336 e. The molecule has 1 aliphatic heterocycles. The molecule has 1 saturated heterocycles. The minimum Gasteiger partial charge on any atom is -0.336 e. The molecular formula is C15H21ClN6O. The Morgan fingerprint density at radius 2 is 2.09 bits per heavy atom. The third kappa shape index (κ3) is 3.68. The Morgan fingerprint density at radius 3 is 2.78 bits per heavy atom. The number of benzene rings is 1. The van der Waals surface area contributed by atoms with Crippen molar-refractivity contribution in [1.82, 2.24) is 30.4 Å². The zero-order valence-corrected chi connectivity index (χ0v) is 14.0. The van der Waals surface area contributed by atoms with E-state index in [2.05, 4.69) is 20.7 Å². The number of halogens is 1. The van der Waals surface area contributed by atoms with Gasteiger partial charge in [0.05, 0.1) is 0 Å². The van der Waals surface area contributed by atoms with Gasteiger partial charge in [0.1, 0.15) is 6.04 Å². The number of amides is 1. The van der Waals surface area contributed by atoms with E-state index in [1.165, 1.54) is 4.80 Å². The summed E-state index contributed by atoms with van der Waals surface area (Å²) in [5.74, 6) is 0.569. The molecule has 1 amide bonds. The van der Waals surface area contributed by atoms with E-state index in [9.17, 15) is 4.79 Å². The molecule has 2 heterocycles. The van der Waals surface area contributed by atoms with E-state index in [4.69, 9.17) is 0 Å². The molecule has 23 heavy (non-hydrogen) atoms. The van der Waals surface area contributed by atoms with Crippen LogP contribution in [0.25, 0.3) is 11.4 Å². The van der Waals surface area contributed by atoms with Gasteiger partial charge in [-0.15, -0.1) is 22.6 Å². The maximum absolute atomic E-state index is 12.6. The third-order valence-corrected chi connectivity index (χ3v) is 3.95. The van der Waals surface area contributed by atoms with E-state index in [1.54, 1.807) is 0 Å². The van der Waals surface area contributed by atoms with E-state index in [-0.39, 0.29) is 24.4 Å². The average Bonchev–Trinajstić information content (AvgIpc) is 3.05. The van der Waals surface area contributed by atoms with Crippen molar-refractivity contribution in [3.63, 3.8) is 0 Å². The highest BCUT2D eigenvalue weighted by molar-refractivity contribution is 5.85. The number of nitrogens with zero attached hydrogens (tertiary/aromatic N) is 5. The lowest BCUT2D eigenvalue weighted by atomic mass is 10.2. The van der Waals surface area contributed by atoms with Crippen LogP contribution >= 0.6 is 12.4 Å². The normalized spacial score (nSPS) is 19.0. The van der Waals surface area contributed by atoms with Crippen LogP contribution in [0.15, 0.2) is 30.3 Å². The van der Waals surface area contributed by atoms with Crippen LogP contribution in [0.5, 0.6) is 0 Å². The first-order valence-electron chi connectivity index (χ1n) is 7.53. The van der Waals surface area contributed by atoms with Gasteiger partial charge in [-0.3, -0.25) is 4.79 Å². The zero-order chi connectivity index (χ0) is 15.5. The molecule has 0 aliphatic carbocycles. The molecule has 1 aromatic heterocycles. The van der Waals surface area contributed by atoms with Gasteiger partial charge in [-0.1, -0.05) is 30.3 Å². The van der Waals surface area contributed by atoms with Crippen molar-refractivity contribution in [1.29, 1.82) is 0 Å². The Bertz CT molecular complexity index is 646. The quantitative estimate of drug-likeness (QED) is 0.909. The smallest absolute Gasteiger partial charge is 0.249 e. The minimum atomic E-state index is -0.453. The number of tetrazole rings is 1. The number of hydrogen-bond donors (Lipinski definition) is 1. The number of aromatic nitrogens is 4. The van der Waals surface area contributed by atoms with Crippen LogP contribution < -0.4 is 5.32 Å². The first kappa shape index (κ1) is 17.4. The summed E-state index contributed by atoms with van der Waals surface area (Å²) in [6.07, 6.45) is 0. The van der Waals surface area contributed by atoms with Gasteiger partial charge in [-0.2, -0.15) is 4.80 Å². The molecule has 7 nitrogen and oxygen atoms in total. The van der Waals surface area contributed by atoms with Gasteiger partial charge < -0.3 is 10.2 Å². The first-order chi connectivity index (χ1) is 10.7. The molecule has 8 heteroatoms. The van der Waals surface area contributed by atoms with Gasteiger partial charge in [0.15, 0.2) is 0 Å². The number of hydrogen-bond acceptors (Lipinski definition) is 5. The van der Waals surface area contributed by atoms with Gasteiger partial charge >= 0.3 is 0 Å². The van der Waals surface area contributed by atoms with Crippen LogP contribution in [0.4, 0.5) is 0 Å². The van der Waals surface area contributed by atoms with E-state index in [0.717, 1.165) is 18.7 Å². The van der Waals surface area contributed by atoms with Crippen LogP contribution in [0.3, 0.4) is 0 Å². The zero-order valence-electron chi connectivity index (χ0n) is 13.2. The Hall–Kier alpha value is -1.99. The van der Waals surface area contributed by atoms with Crippen LogP contribution in [0.2, 0.25) is 0 Å². The topological polar surface area (TPSA) is 75.9 Å². The summed E-state index contributed by atoms with van der Waals surface area (Å²) in [6, 6.07) is 9.36. The second-order valence-electron chi connectivity index (χ2n) is 5.56. The standard InChI is InChI=1S/C15H20N6O.ClH/c1-11-10-16-8-9-20(11)15(22)12(2)21-18-14(17-19-21)13-6-4-3-5-7-13;/h3-7,11-12,16H,8-10H2,1-2H3;1H/t11-,12?;/m1./s1. The monoisotopic (exact) mass is 336 g/mol. The van der Waals surface area contributed by atoms with E-state index >= 15 is 0 Å². The average molecular weight is 337 g/mol. The molecule has 0 saturated carbocycles. The van der Waals surface area contributed by atoms with E-state index in [0.29, 0.717) is 12.4 Å². The summed E-state index contributed by atoms with van der Waals surface area (Å²) in [5, 5.41) is 15.7. The van der Waals surface area contributed by atoms with E-state index in [1.807, 2.05) is 49.1 Å². The molecule has 1 aliphatic rings. The molecule has 1 N–H and O–H groups in total. The van der Waals surface area contributed by atoms with Crippen molar-refractivity contribution < 1.29 is 4.79 Å². The predicted molar refractivity (Wildman–Crippen MR) is 89.3 cm³/mol. The van der Waals surface area contributed by atoms with Crippen molar-refractivity contribution in [3.8, 4) is 11.4 Å². The van der Waals surface area contributed by atoms with Crippen molar-refractivity contribution in [2.75, 3.05) is 19.6 Å². The van der Waals surface area contributed by atoms with Gasteiger partial charge in [-0.25, -0.2) is 0 Å². The summed E-state index contributed by atoms with van der Waals surface area (Å²) in [4.78, 5) is 15.9. The molecule has 3 rings (SSSR count). The highest BCUT2D eigenvalue weighted by Crippen LogP contribution is 2.16. The predicted octanol–water partition coefficient (Wildman–Crippen LogP) is 1.14. The van der Waals surface area contributed by atoms with Gasteiger partial charge in [0.25, 0.3) is 0 Å². The van der Waals surface area contributed by atoms with Crippen LogP contribution in [0, 0.1) is 0 Å². The van der Waals surface area contributed by atoms with Crippen molar-refractivity contribution in [2.24, 2.45) is 0 Å². The Balaban J connectivity index is 0.00000192. The first-order valence-corrected chi connectivity index (χ1v) is 7.53. The van der Waals surface area contributed by atoms with Crippen molar-refractivity contribution in [2.45, 2.75) is 25.9 Å². The number of piperazine rings is 1. The molecule has 1 unspecified atom stereocenters. The lowest BCUT2D eigenvalue weighted by molar-refractivity contribution is -0.137. The molecule has 0 spiro atoms. The Labute approximate surface area is 141 Å². The summed E-state index contributed by atoms with van der Waals surface area (Å²) in [5.41, 5.74) is 0.893. The van der Waals surface area contributed by atoms with Crippen molar-refractivity contribution >= 4 is 18.3 Å². The number of rotatable bonds is 3. The van der Waals surface area contributed by atoms with Crippen LogP contribution in [-0.2, 0) is 4.79 Å². The highest BCUT2D eigenvalue weighted by Gasteiger charge is 2.29. The third-order valence-electron chi connectivity index (χ3n) is 3.95. The van der Waals surface area contributed by atoms with Crippen molar-refractivity contribution in [3.05, 3.63) is 30.3 Å². The number of nitrogens with one attached hydrogen (secondary N) is 1. The summed E-state index contributed by atoms with van der Waals surface area (Å²) < 4.78 is 0. The van der Waals surface area contributed by atoms with Gasteiger partial charge in [-0.05, 0) is 19.1 Å². The lowest BCUT2D eigenvalue weighted by Gasteiger charge is -2.35. The molecule has 0 bridgehead atoms. The summed E-state index contributed by atoms with van der Waals surface area (Å²) in [7, 11) is 0. The fourth-order valence-corrected chi connectivity index (χ4v) is 2.60. The Morgan fingerprint density at radius 1 is 1.35 bits per heavy atom. The number of carbonyl (C=O) groups is 1. The van der Waals surface area contributed by atoms with Gasteiger partial charge in [0.2, 0.25) is 11.7 Å². The minimum absolute atomic E-state index is 0. The van der Waals surface area contributed by atoms with E-state index < -0.39 is 6.04 Å². The number of carbonyl (C=O) groups excluding carboxylic acids is 1. The molecule has 1 fully saturated rings. The van der Waals surface area contributed by atoms with Crippen LogP contribution in [-0.4, -0.2) is 56.7 Å². The maximum atomic E-state index is 12.6. The summed E-state index contributed by atoms with van der Waals surface area (Å²) >= 11 is 0.